The number of carbonyl (C=O) groups is 1. The van der Waals surface area contributed by atoms with Gasteiger partial charge in [0.25, 0.3) is 0 Å². The summed E-state index contributed by atoms with van der Waals surface area (Å²) in [6, 6.07) is 7.23. The highest BCUT2D eigenvalue weighted by Crippen LogP contribution is 2.46. The van der Waals surface area contributed by atoms with Crippen LogP contribution in [0.5, 0.6) is 0 Å². The monoisotopic (exact) mass is 545 g/mol. The third-order valence-corrected chi connectivity index (χ3v) is 6.82. The van der Waals surface area contributed by atoms with Crippen molar-refractivity contribution in [1.29, 1.82) is 0 Å². The van der Waals surface area contributed by atoms with Gasteiger partial charge < -0.3 is 15.4 Å². The minimum Gasteiger partial charge on any atom is -0.380 e. The Bertz CT molecular complexity index is 1600. The first-order valence-electron chi connectivity index (χ1n) is 12.0. The van der Waals surface area contributed by atoms with Crippen LogP contribution in [-0.2, 0) is 21.5 Å². The average Bonchev–Trinajstić information content (AvgIpc) is 3.57. The van der Waals surface area contributed by atoms with Gasteiger partial charge in [-0.1, -0.05) is 18.2 Å². The van der Waals surface area contributed by atoms with Crippen LogP contribution in [0.25, 0.3) is 22.6 Å². The zero-order chi connectivity index (χ0) is 27.4. The Morgan fingerprint density at radius 2 is 2.00 bits per heavy atom. The van der Waals surface area contributed by atoms with E-state index in [4.69, 9.17) is 4.74 Å². The minimum atomic E-state index is -4.42. The molecule has 0 saturated carbocycles. The predicted octanol–water partition coefficient (Wildman–Crippen LogP) is 4.19. The van der Waals surface area contributed by atoms with Crippen LogP contribution >= 0.6 is 0 Å². The number of rotatable bonds is 6. The molecule has 1 amide bonds. The minimum absolute atomic E-state index is 0.0178. The fourth-order valence-corrected chi connectivity index (χ4v) is 4.94. The van der Waals surface area contributed by atoms with E-state index in [1.165, 1.54) is 16.8 Å². The van der Waals surface area contributed by atoms with E-state index < -0.39 is 42.1 Å². The highest BCUT2D eigenvalue weighted by atomic mass is 19.4. The number of nitrogens with one attached hydrogen (secondary N) is 2. The molecule has 1 saturated heterocycles. The van der Waals surface area contributed by atoms with Gasteiger partial charge in [-0.3, -0.25) is 4.79 Å². The molecule has 2 aliphatic heterocycles. The summed E-state index contributed by atoms with van der Waals surface area (Å²) in [5, 5.41) is 10.1. The first-order valence-corrected chi connectivity index (χ1v) is 12.0. The molecule has 0 radical (unpaired) electrons. The Morgan fingerprint density at radius 1 is 1.18 bits per heavy atom. The van der Waals surface area contributed by atoms with Crippen LogP contribution in [0.15, 0.2) is 36.5 Å². The lowest BCUT2D eigenvalue weighted by molar-refractivity contribution is -0.131. The van der Waals surface area contributed by atoms with Gasteiger partial charge in [0.05, 0.1) is 36.7 Å². The molecule has 0 aliphatic carbocycles. The largest absolute Gasteiger partial charge is 0.390 e. The Morgan fingerprint density at radius 3 is 2.74 bits per heavy atom. The number of pyridine rings is 1. The fraction of sp³-hybridized carbons (Fsp3) is 0.320. The number of amides is 1. The topological polar surface area (TPSA) is 107 Å². The molecule has 1 aromatic carbocycles. The molecule has 1 atom stereocenters. The highest BCUT2D eigenvalue weighted by Gasteiger charge is 2.52. The number of aromatic nitrogens is 5. The number of halogens is 5. The summed E-state index contributed by atoms with van der Waals surface area (Å²) >= 11 is 0. The normalized spacial score (nSPS) is 18.6. The van der Waals surface area contributed by atoms with E-state index in [9.17, 15) is 26.7 Å². The van der Waals surface area contributed by atoms with Crippen molar-refractivity contribution in [2.75, 3.05) is 30.4 Å². The first kappa shape index (κ1) is 25.1. The first-order chi connectivity index (χ1) is 18.6. The predicted molar refractivity (Wildman–Crippen MR) is 129 cm³/mol. The molecule has 3 aromatic heterocycles. The Balaban J connectivity index is 1.49. The van der Waals surface area contributed by atoms with E-state index in [1.807, 2.05) is 0 Å². The van der Waals surface area contributed by atoms with E-state index >= 15 is 0 Å². The summed E-state index contributed by atoms with van der Waals surface area (Å²) in [6.07, 6.45) is -4.26. The molecule has 6 rings (SSSR count). The van der Waals surface area contributed by atoms with E-state index in [1.54, 1.807) is 18.2 Å². The molecule has 9 nitrogen and oxygen atoms in total. The second-order valence-electron chi connectivity index (χ2n) is 9.37. The molecule has 2 N–H and O–H groups in total. The summed E-state index contributed by atoms with van der Waals surface area (Å²) in [7, 11) is 0. The standard InChI is InChI=1S/C25H20F5N7O2/c26-14-9-15-18(36-37(22(15)32-10-14)11-13-3-1-2-4-16(13)27)21-33-19(31-7-5-25(28,29)30)17-20(34-21)35-23(38)24(17)6-8-39-12-24/h1-4,9-10H,5-8,11-12H2,(H2,31,33,34,35,38). The zero-order valence-electron chi connectivity index (χ0n) is 20.1. The van der Waals surface area contributed by atoms with Crippen molar-refractivity contribution in [1.82, 2.24) is 24.7 Å². The average molecular weight is 545 g/mol. The molecular weight excluding hydrogens is 525 g/mol. The second-order valence-corrected chi connectivity index (χ2v) is 9.37. The molecule has 5 heterocycles. The number of hydrogen-bond donors (Lipinski definition) is 2. The number of alkyl halides is 3. The van der Waals surface area contributed by atoms with Gasteiger partial charge in [-0.15, -0.1) is 0 Å². The maximum absolute atomic E-state index is 14.4. The van der Waals surface area contributed by atoms with Crippen LogP contribution in [0.2, 0.25) is 0 Å². The molecule has 202 valence electrons. The van der Waals surface area contributed by atoms with Gasteiger partial charge in [0.15, 0.2) is 11.5 Å². The number of ether oxygens (including phenoxy) is 1. The number of fused-ring (bicyclic) bond motifs is 3. The second kappa shape index (κ2) is 9.22. The quantitative estimate of drug-likeness (QED) is 0.350. The van der Waals surface area contributed by atoms with Crippen molar-refractivity contribution >= 4 is 28.6 Å². The molecule has 1 unspecified atom stereocenters. The van der Waals surface area contributed by atoms with E-state index in [-0.39, 0.29) is 53.9 Å². The summed E-state index contributed by atoms with van der Waals surface area (Å²) < 4.78 is 74.2. The van der Waals surface area contributed by atoms with Crippen LogP contribution in [0, 0.1) is 11.6 Å². The molecule has 0 bridgehead atoms. The number of nitrogens with zero attached hydrogens (tertiary/aromatic N) is 5. The SMILES string of the molecule is O=C1Nc2nc(-c3nn(Cc4ccccc4F)c4ncc(F)cc34)nc(NCCC(F)(F)F)c2C12CCOC2. The summed E-state index contributed by atoms with van der Waals surface area (Å²) in [6.45, 7) is -0.235. The molecule has 1 spiro atoms. The number of hydrogen-bond acceptors (Lipinski definition) is 7. The van der Waals surface area contributed by atoms with Gasteiger partial charge in [-0.2, -0.15) is 18.3 Å². The summed E-state index contributed by atoms with van der Waals surface area (Å²) in [4.78, 5) is 26.1. The van der Waals surface area contributed by atoms with Crippen molar-refractivity contribution in [3.8, 4) is 11.5 Å². The maximum Gasteiger partial charge on any atom is 0.390 e. The van der Waals surface area contributed by atoms with Gasteiger partial charge >= 0.3 is 6.18 Å². The molecule has 1 fully saturated rings. The van der Waals surface area contributed by atoms with Crippen molar-refractivity contribution in [3.63, 3.8) is 0 Å². The number of carbonyl (C=O) groups excluding carboxylic acids is 1. The molecule has 14 heteroatoms. The van der Waals surface area contributed by atoms with Crippen LogP contribution < -0.4 is 10.6 Å². The van der Waals surface area contributed by atoms with Gasteiger partial charge in [-0.25, -0.2) is 28.4 Å². The third-order valence-electron chi connectivity index (χ3n) is 6.82. The van der Waals surface area contributed by atoms with Crippen molar-refractivity contribution < 1.29 is 31.5 Å². The zero-order valence-corrected chi connectivity index (χ0v) is 20.1. The van der Waals surface area contributed by atoms with Crippen molar-refractivity contribution in [2.24, 2.45) is 0 Å². The summed E-state index contributed by atoms with van der Waals surface area (Å²) in [5.74, 6) is -1.50. The molecule has 39 heavy (non-hydrogen) atoms. The van der Waals surface area contributed by atoms with Gasteiger partial charge in [0.1, 0.15) is 34.4 Å². The molecule has 4 aromatic rings. The third kappa shape index (κ3) is 4.43. The van der Waals surface area contributed by atoms with E-state index in [0.29, 0.717) is 17.5 Å². The lowest BCUT2D eigenvalue weighted by atomic mass is 9.81. The van der Waals surface area contributed by atoms with Gasteiger partial charge in [0.2, 0.25) is 5.91 Å². The van der Waals surface area contributed by atoms with Crippen LogP contribution in [0.4, 0.5) is 33.6 Å². The molecular formula is C25H20F5N7O2. The van der Waals surface area contributed by atoms with E-state index in [2.05, 4.69) is 30.7 Å². The Labute approximate surface area is 217 Å². The maximum atomic E-state index is 14.4. The van der Waals surface area contributed by atoms with Crippen molar-refractivity contribution in [2.45, 2.75) is 31.0 Å². The lowest BCUT2D eigenvalue weighted by Gasteiger charge is -2.21. The van der Waals surface area contributed by atoms with Crippen LogP contribution in [0.3, 0.4) is 0 Å². The van der Waals surface area contributed by atoms with E-state index in [0.717, 1.165) is 6.20 Å². The van der Waals surface area contributed by atoms with Crippen LogP contribution in [0.1, 0.15) is 24.0 Å². The van der Waals surface area contributed by atoms with Gasteiger partial charge in [-0.05, 0) is 18.6 Å². The lowest BCUT2D eigenvalue weighted by Crippen LogP contribution is -2.35. The number of benzene rings is 1. The smallest absolute Gasteiger partial charge is 0.380 e. The Kier molecular flexibility index (Phi) is 5.93. The summed E-state index contributed by atoms with van der Waals surface area (Å²) in [5.41, 5.74) is -0.244. The van der Waals surface area contributed by atoms with Gasteiger partial charge in [0, 0.05) is 18.7 Å². The molecule has 2 aliphatic rings. The fourth-order valence-electron chi connectivity index (χ4n) is 4.94. The number of anilines is 2. The highest BCUT2D eigenvalue weighted by molar-refractivity contribution is 6.07. The Hall–Kier alpha value is -4.20. The van der Waals surface area contributed by atoms with Crippen molar-refractivity contribution in [3.05, 3.63) is 59.3 Å². The van der Waals surface area contributed by atoms with Crippen LogP contribution in [-0.4, -0.2) is 56.6 Å².